The van der Waals surface area contributed by atoms with E-state index in [9.17, 15) is 5.11 Å². The molecule has 1 rings (SSSR count). The van der Waals surface area contributed by atoms with Crippen LogP contribution in [-0.4, -0.2) is 11.7 Å². The summed E-state index contributed by atoms with van der Waals surface area (Å²) in [5, 5.41) is 9.46. The second-order valence-corrected chi connectivity index (χ2v) is 3.09. The summed E-state index contributed by atoms with van der Waals surface area (Å²) in [6, 6.07) is 7.30. The molecule has 0 aliphatic rings. The lowest BCUT2D eigenvalue weighted by molar-refractivity contribution is 0.469. The number of hydrogen-bond donors (Lipinski definition) is 2. The highest BCUT2D eigenvalue weighted by Gasteiger charge is 2.00. The lowest BCUT2D eigenvalue weighted by Gasteiger charge is -2.05. The zero-order valence-electron chi connectivity index (χ0n) is 7.66. The maximum absolute atomic E-state index is 9.46. The van der Waals surface area contributed by atoms with E-state index in [2.05, 4.69) is 6.58 Å². The molecule has 0 amide bonds. The second-order valence-electron chi connectivity index (χ2n) is 3.09. The molecule has 0 saturated heterocycles. The van der Waals surface area contributed by atoms with Crippen LogP contribution in [0.25, 0.3) is 0 Å². The molecule has 70 valence electrons. The van der Waals surface area contributed by atoms with Crippen LogP contribution >= 0.6 is 0 Å². The number of benzene rings is 1. The quantitative estimate of drug-likeness (QED) is 0.689. The molecule has 1 aromatic carbocycles. The molecule has 0 saturated carbocycles. The maximum atomic E-state index is 9.46. The van der Waals surface area contributed by atoms with Crippen LogP contribution in [0.2, 0.25) is 0 Å². The van der Waals surface area contributed by atoms with Crippen molar-refractivity contribution in [2.75, 3.05) is 6.54 Å². The molecule has 0 spiro atoms. The van der Waals surface area contributed by atoms with Gasteiger partial charge in [-0.25, -0.2) is 0 Å². The Kier molecular flexibility index (Phi) is 3.53. The van der Waals surface area contributed by atoms with Crippen molar-refractivity contribution in [3.63, 3.8) is 0 Å². The monoisotopic (exact) mass is 177 g/mol. The van der Waals surface area contributed by atoms with Crippen molar-refractivity contribution in [1.82, 2.24) is 0 Å². The van der Waals surface area contributed by atoms with Crippen LogP contribution in [0.1, 0.15) is 12.0 Å². The third kappa shape index (κ3) is 2.92. The highest BCUT2D eigenvalue weighted by molar-refractivity contribution is 5.34. The van der Waals surface area contributed by atoms with Gasteiger partial charge in [-0.2, -0.15) is 0 Å². The molecule has 13 heavy (non-hydrogen) atoms. The number of para-hydroxylation sites is 1. The van der Waals surface area contributed by atoms with Gasteiger partial charge in [0, 0.05) is 0 Å². The number of rotatable bonds is 4. The standard InChI is InChI=1S/C11H15NO/c1-9(6-7-12)8-10-4-2-3-5-11(10)13/h2-5,13H,1,6-8,12H2. The van der Waals surface area contributed by atoms with Crippen molar-refractivity contribution in [3.8, 4) is 5.75 Å². The minimum atomic E-state index is 0.334. The van der Waals surface area contributed by atoms with Gasteiger partial charge in [0.05, 0.1) is 0 Å². The van der Waals surface area contributed by atoms with Crippen LogP contribution in [0.4, 0.5) is 0 Å². The molecule has 0 radical (unpaired) electrons. The van der Waals surface area contributed by atoms with E-state index in [0.29, 0.717) is 18.7 Å². The Balaban J connectivity index is 2.63. The summed E-state index contributed by atoms with van der Waals surface area (Å²) < 4.78 is 0. The summed E-state index contributed by atoms with van der Waals surface area (Å²) >= 11 is 0. The van der Waals surface area contributed by atoms with Crippen LogP contribution in [-0.2, 0) is 6.42 Å². The molecular formula is C11H15NO. The van der Waals surface area contributed by atoms with Gasteiger partial charge in [0.1, 0.15) is 5.75 Å². The molecule has 0 aromatic heterocycles. The molecule has 2 nitrogen and oxygen atoms in total. The van der Waals surface area contributed by atoms with Crippen molar-refractivity contribution in [1.29, 1.82) is 0 Å². The van der Waals surface area contributed by atoms with Gasteiger partial charge in [0.25, 0.3) is 0 Å². The molecule has 0 aliphatic carbocycles. The Bertz CT molecular complexity index is 294. The molecule has 0 atom stereocenters. The van der Waals surface area contributed by atoms with Crippen molar-refractivity contribution in [2.45, 2.75) is 12.8 Å². The Labute approximate surface area is 78.7 Å². The highest BCUT2D eigenvalue weighted by atomic mass is 16.3. The first-order valence-corrected chi connectivity index (χ1v) is 4.37. The van der Waals surface area contributed by atoms with Crippen molar-refractivity contribution >= 4 is 0 Å². The van der Waals surface area contributed by atoms with E-state index in [1.165, 1.54) is 0 Å². The molecule has 0 heterocycles. The molecule has 2 heteroatoms. The van der Waals surface area contributed by atoms with E-state index >= 15 is 0 Å². The summed E-state index contributed by atoms with van der Waals surface area (Å²) in [6.45, 7) is 4.51. The van der Waals surface area contributed by atoms with E-state index in [4.69, 9.17) is 5.73 Å². The fourth-order valence-corrected chi connectivity index (χ4v) is 1.22. The van der Waals surface area contributed by atoms with Crippen LogP contribution in [0.3, 0.4) is 0 Å². The zero-order valence-corrected chi connectivity index (χ0v) is 7.66. The minimum Gasteiger partial charge on any atom is -0.508 e. The van der Waals surface area contributed by atoms with Gasteiger partial charge in [-0.05, 0) is 31.0 Å². The largest absolute Gasteiger partial charge is 0.508 e. The third-order valence-electron chi connectivity index (χ3n) is 1.93. The first-order chi connectivity index (χ1) is 6.24. The predicted molar refractivity (Wildman–Crippen MR) is 54.6 cm³/mol. The van der Waals surface area contributed by atoms with E-state index in [0.717, 1.165) is 17.6 Å². The average Bonchev–Trinajstić information content (AvgIpc) is 2.09. The number of phenolic OH excluding ortho intramolecular Hbond substituents is 1. The van der Waals surface area contributed by atoms with Crippen molar-refractivity contribution in [2.24, 2.45) is 5.73 Å². The molecule has 0 bridgehead atoms. The fraction of sp³-hybridized carbons (Fsp3) is 0.273. The molecule has 0 aliphatic heterocycles. The smallest absolute Gasteiger partial charge is 0.119 e. The molecule has 0 unspecified atom stereocenters. The Morgan fingerprint density at radius 3 is 2.69 bits per heavy atom. The Morgan fingerprint density at radius 2 is 2.08 bits per heavy atom. The number of aromatic hydroxyl groups is 1. The average molecular weight is 177 g/mol. The van der Waals surface area contributed by atoms with Gasteiger partial charge >= 0.3 is 0 Å². The number of nitrogens with two attached hydrogens (primary N) is 1. The zero-order chi connectivity index (χ0) is 9.68. The maximum Gasteiger partial charge on any atom is 0.119 e. The van der Waals surface area contributed by atoms with Crippen LogP contribution < -0.4 is 5.73 Å². The fourth-order valence-electron chi connectivity index (χ4n) is 1.22. The van der Waals surface area contributed by atoms with Crippen molar-refractivity contribution in [3.05, 3.63) is 42.0 Å². The summed E-state index contributed by atoms with van der Waals surface area (Å²) in [6.07, 6.45) is 1.53. The third-order valence-corrected chi connectivity index (χ3v) is 1.93. The van der Waals surface area contributed by atoms with Crippen LogP contribution in [0.15, 0.2) is 36.4 Å². The number of phenols is 1. The molecule has 0 fully saturated rings. The van der Waals surface area contributed by atoms with Gasteiger partial charge < -0.3 is 10.8 Å². The first-order valence-electron chi connectivity index (χ1n) is 4.37. The van der Waals surface area contributed by atoms with Gasteiger partial charge in [-0.1, -0.05) is 30.4 Å². The normalized spacial score (nSPS) is 9.92. The van der Waals surface area contributed by atoms with E-state index < -0.39 is 0 Å². The topological polar surface area (TPSA) is 46.2 Å². The number of hydrogen-bond acceptors (Lipinski definition) is 2. The van der Waals surface area contributed by atoms with Crippen LogP contribution in [0, 0.1) is 0 Å². The highest BCUT2D eigenvalue weighted by Crippen LogP contribution is 2.19. The van der Waals surface area contributed by atoms with E-state index in [1.807, 2.05) is 18.2 Å². The van der Waals surface area contributed by atoms with E-state index in [1.54, 1.807) is 6.07 Å². The molecule has 1 aromatic rings. The van der Waals surface area contributed by atoms with Gasteiger partial charge in [-0.15, -0.1) is 0 Å². The van der Waals surface area contributed by atoms with Gasteiger partial charge in [0.15, 0.2) is 0 Å². The lowest BCUT2D eigenvalue weighted by Crippen LogP contribution is -2.01. The molecular weight excluding hydrogens is 162 g/mol. The summed E-state index contributed by atoms with van der Waals surface area (Å²) in [5.41, 5.74) is 7.37. The molecule has 3 N–H and O–H groups in total. The summed E-state index contributed by atoms with van der Waals surface area (Å²) in [4.78, 5) is 0. The lowest BCUT2D eigenvalue weighted by atomic mass is 10.0. The van der Waals surface area contributed by atoms with Crippen molar-refractivity contribution < 1.29 is 5.11 Å². The minimum absolute atomic E-state index is 0.334. The summed E-state index contributed by atoms with van der Waals surface area (Å²) in [7, 11) is 0. The van der Waals surface area contributed by atoms with Crippen LogP contribution in [0.5, 0.6) is 5.75 Å². The Hall–Kier alpha value is -1.28. The predicted octanol–water partition coefficient (Wildman–Crippen LogP) is 1.84. The van der Waals surface area contributed by atoms with E-state index in [-0.39, 0.29) is 0 Å². The SMILES string of the molecule is C=C(CCN)Cc1ccccc1O. The first kappa shape index (κ1) is 9.81. The second kappa shape index (κ2) is 4.67. The van der Waals surface area contributed by atoms with Gasteiger partial charge in [0.2, 0.25) is 0 Å². The summed E-state index contributed by atoms with van der Waals surface area (Å²) in [5.74, 6) is 0.334. The van der Waals surface area contributed by atoms with Gasteiger partial charge in [-0.3, -0.25) is 0 Å². The Morgan fingerprint density at radius 1 is 1.38 bits per heavy atom.